The lowest BCUT2D eigenvalue weighted by Crippen LogP contribution is -1.87. The molecule has 0 fully saturated rings. The molecule has 74 valence electrons. The van der Waals surface area contributed by atoms with Gasteiger partial charge in [0.25, 0.3) is 0 Å². The summed E-state index contributed by atoms with van der Waals surface area (Å²) in [6.45, 7) is 14.9. The Morgan fingerprint density at radius 3 is 1.60 bits per heavy atom. The highest BCUT2D eigenvalue weighted by Gasteiger charge is 2.01. The molecule has 0 aliphatic carbocycles. The van der Waals surface area contributed by atoms with E-state index in [4.69, 9.17) is 0 Å². The maximum Gasteiger partial charge on any atom is -0.0101 e. The highest BCUT2D eigenvalue weighted by molar-refractivity contribution is 5.74. The number of rotatable bonds is 4. The van der Waals surface area contributed by atoms with E-state index in [1.54, 1.807) is 0 Å². The van der Waals surface area contributed by atoms with Crippen LogP contribution in [0.2, 0.25) is 0 Å². The van der Waals surface area contributed by atoms with Crippen molar-refractivity contribution in [3.05, 3.63) is 66.4 Å². The van der Waals surface area contributed by atoms with Crippen LogP contribution in [0.1, 0.15) is 22.3 Å². The largest absolute Gasteiger partial charge is 0.128 e. The van der Waals surface area contributed by atoms with Crippen LogP contribution in [-0.4, -0.2) is 0 Å². The minimum Gasteiger partial charge on any atom is -0.128 e. The molecule has 0 bridgehead atoms. The van der Waals surface area contributed by atoms with Gasteiger partial charge in [-0.05, 0) is 40.5 Å². The first-order chi connectivity index (χ1) is 7.26. The first-order valence-electron chi connectivity index (χ1n) is 4.68. The summed E-state index contributed by atoms with van der Waals surface area (Å²) in [5.41, 5.74) is 6.96. The van der Waals surface area contributed by atoms with Crippen LogP contribution in [0, 0.1) is 0 Å². The molecule has 0 radical (unpaired) electrons. The van der Waals surface area contributed by atoms with Gasteiger partial charge in [0, 0.05) is 0 Å². The third-order valence-electron chi connectivity index (χ3n) is 2.21. The van der Waals surface area contributed by atoms with Crippen molar-refractivity contribution in [3.8, 4) is 0 Å². The first kappa shape index (κ1) is 11.0. The van der Waals surface area contributed by atoms with Crippen molar-refractivity contribution in [2.75, 3.05) is 0 Å². The molecule has 0 aromatic heterocycles. The zero-order chi connectivity index (χ0) is 11.3. The fraction of sp³-hybridized carbons (Fsp3) is 0. The van der Waals surface area contributed by atoms with Crippen molar-refractivity contribution in [2.45, 2.75) is 0 Å². The second-order valence-electron chi connectivity index (χ2n) is 3.07. The standard InChI is InChI=1S/C15H14/c1-5-9-15-11-13(7-3)12(6-2)10-14(15)8-4/h6-11H,1-4H2. The van der Waals surface area contributed by atoms with Gasteiger partial charge in [0.05, 0.1) is 0 Å². The predicted molar refractivity (Wildman–Crippen MR) is 70.3 cm³/mol. The van der Waals surface area contributed by atoms with Crippen LogP contribution in [0.15, 0.2) is 44.2 Å². The zero-order valence-corrected chi connectivity index (χ0v) is 8.79. The number of hydrogen-bond acceptors (Lipinski definition) is 0. The molecule has 0 N–H and O–H groups in total. The first-order valence-corrected chi connectivity index (χ1v) is 4.68. The molecule has 0 heteroatoms. The topological polar surface area (TPSA) is 0 Å². The number of benzene rings is 1. The normalized spacial score (nSPS) is 8.80. The predicted octanol–water partition coefficient (Wildman–Crippen LogP) is 4.41. The molecular weight excluding hydrogens is 180 g/mol. The second kappa shape index (κ2) is 4.99. The van der Waals surface area contributed by atoms with Gasteiger partial charge in [-0.15, -0.1) is 5.73 Å². The van der Waals surface area contributed by atoms with E-state index in [1.807, 2.05) is 36.4 Å². The molecule has 0 nitrogen and oxygen atoms in total. The summed E-state index contributed by atoms with van der Waals surface area (Å²) in [5.74, 6) is 0. The maximum atomic E-state index is 3.78. The Balaban J connectivity index is 3.53. The lowest BCUT2D eigenvalue weighted by atomic mass is 9.98. The molecule has 0 atom stereocenters. The Morgan fingerprint density at radius 2 is 1.20 bits per heavy atom. The lowest BCUT2D eigenvalue weighted by Gasteiger charge is -2.06. The van der Waals surface area contributed by atoms with Crippen LogP contribution in [0.5, 0.6) is 0 Å². The van der Waals surface area contributed by atoms with Crippen LogP contribution < -0.4 is 0 Å². The van der Waals surface area contributed by atoms with Crippen molar-refractivity contribution < 1.29 is 0 Å². The summed E-state index contributed by atoms with van der Waals surface area (Å²) in [7, 11) is 0. The molecule has 15 heavy (non-hydrogen) atoms. The van der Waals surface area contributed by atoms with Crippen molar-refractivity contribution in [2.24, 2.45) is 0 Å². The molecular formula is C15H14. The van der Waals surface area contributed by atoms with Crippen LogP contribution in [0.3, 0.4) is 0 Å². The van der Waals surface area contributed by atoms with Gasteiger partial charge in [0.2, 0.25) is 0 Å². The molecule has 0 saturated carbocycles. The van der Waals surface area contributed by atoms with Crippen LogP contribution in [0.25, 0.3) is 24.3 Å². The Morgan fingerprint density at radius 1 is 0.800 bits per heavy atom. The van der Waals surface area contributed by atoms with Crippen LogP contribution in [-0.2, 0) is 0 Å². The van der Waals surface area contributed by atoms with E-state index in [0.717, 1.165) is 22.3 Å². The Kier molecular flexibility index (Phi) is 3.68. The Hall–Kier alpha value is -2.04. The molecule has 0 spiro atoms. The van der Waals surface area contributed by atoms with Gasteiger partial charge in [-0.25, -0.2) is 0 Å². The summed E-state index contributed by atoms with van der Waals surface area (Å²) in [5, 5.41) is 0. The molecule has 1 rings (SSSR count). The van der Waals surface area contributed by atoms with Gasteiger partial charge in [0.15, 0.2) is 0 Å². The fourth-order valence-electron chi connectivity index (χ4n) is 1.43. The fourth-order valence-corrected chi connectivity index (χ4v) is 1.43. The van der Waals surface area contributed by atoms with E-state index in [2.05, 4.69) is 32.0 Å². The van der Waals surface area contributed by atoms with E-state index >= 15 is 0 Å². The van der Waals surface area contributed by atoms with E-state index < -0.39 is 0 Å². The maximum absolute atomic E-state index is 3.78. The molecule has 0 unspecified atom stereocenters. The molecule has 0 amide bonds. The van der Waals surface area contributed by atoms with Crippen LogP contribution in [0.4, 0.5) is 0 Å². The van der Waals surface area contributed by atoms with Crippen molar-refractivity contribution in [3.63, 3.8) is 0 Å². The smallest absolute Gasteiger partial charge is 0.0101 e. The van der Waals surface area contributed by atoms with Gasteiger partial charge in [-0.1, -0.05) is 44.5 Å². The summed E-state index contributed by atoms with van der Waals surface area (Å²) in [6.07, 6.45) is 7.26. The minimum atomic E-state index is 1.04. The quantitative estimate of drug-likeness (QED) is 0.623. The molecule has 0 heterocycles. The minimum absolute atomic E-state index is 1.04. The summed E-state index contributed by atoms with van der Waals surface area (Å²) < 4.78 is 0. The Bertz CT molecular complexity index is 455. The van der Waals surface area contributed by atoms with Gasteiger partial charge in [-0.3, -0.25) is 0 Å². The summed E-state index contributed by atoms with van der Waals surface area (Å²) in [6, 6.07) is 4.05. The van der Waals surface area contributed by atoms with E-state index in [1.165, 1.54) is 0 Å². The van der Waals surface area contributed by atoms with Crippen LogP contribution >= 0.6 is 0 Å². The zero-order valence-electron chi connectivity index (χ0n) is 8.79. The molecule has 0 aliphatic rings. The Labute approximate surface area is 91.3 Å². The van der Waals surface area contributed by atoms with Crippen molar-refractivity contribution in [1.29, 1.82) is 0 Å². The van der Waals surface area contributed by atoms with Gasteiger partial charge in [-0.2, -0.15) is 0 Å². The van der Waals surface area contributed by atoms with Gasteiger partial charge >= 0.3 is 0 Å². The lowest BCUT2D eigenvalue weighted by molar-refractivity contribution is 1.55. The van der Waals surface area contributed by atoms with Crippen molar-refractivity contribution in [1.82, 2.24) is 0 Å². The summed E-state index contributed by atoms with van der Waals surface area (Å²) in [4.78, 5) is 0. The monoisotopic (exact) mass is 194 g/mol. The van der Waals surface area contributed by atoms with Crippen molar-refractivity contribution >= 4 is 24.3 Å². The van der Waals surface area contributed by atoms with E-state index in [-0.39, 0.29) is 0 Å². The molecule has 0 aliphatic heterocycles. The number of hydrogen-bond donors (Lipinski definition) is 0. The molecule has 0 saturated heterocycles. The third kappa shape index (κ3) is 2.25. The highest BCUT2D eigenvalue weighted by Crippen LogP contribution is 2.21. The average molecular weight is 194 g/mol. The van der Waals surface area contributed by atoms with Gasteiger partial charge in [0.1, 0.15) is 0 Å². The molecule has 1 aromatic rings. The van der Waals surface area contributed by atoms with E-state index in [0.29, 0.717) is 0 Å². The average Bonchev–Trinajstić information content (AvgIpc) is 2.28. The SMILES string of the molecule is C=C=Cc1cc(C=C)c(C=C)cc1C=C. The second-order valence-corrected chi connectivity index (χ2v) is 3.07. The van der Waals surface area contributed by atoms with E-state index in [9.17, 15) is 0 Å². The highest BCUT2D eigenvalue weighted by atomic mass is 14.1. The third-order valence-corrected chi connectivity index (χ3v) is 2.21. The molecule has 1 aromatic carbocycles. The van der Waals surface area contributed by atoms with Gasteiger partial charge < -0.3 is 0 Å². The summed E-state index contributed by atoms with van der Waals surface area (Å²) >= 11 is 0.